The predicted octanol–water partition coefficient (Wildman–Crippen LogP) is -5.13. The molecule has 5 rings (SSSR count). The van der Waals surface area contributed by atoms with Gasteiger partial charge in [0, 0.05) is 16.6 Å². The second-order valence-electron chi connectivity index (χ2n) is 9.90. The Morgan fingerprint density at radius 2 is 1.79 bits per heavy atom. The van der Waals surface area contributed by atoms with Crippen molar-refractivity contribution in [3.63, 3.8) is 0 Å². The summed E-state index contributed by atoms with van der Waals surface area (Å²) in [4.78, 5) is 23.9. The summed E-state index contributed by atoms with van der Waals surface area (Å²) in [6, 6.07) is 13.1. The summed E-state index contributed by atoms with van der Waals surface area (Å²) >= 11 is 7.15. The number of primary amides is 1. The third-order valence-electron chi connectivity index (χ3n) is 6.71. The van der Waals surface area contributed by atoms with Gasteiger partial charge in [-0.1, -0.05) is 0 Å². The van der Waals surface area contributed by atoms with Gasteiger partial charge in [0.15, 0.2) is 27.9 Å². The molecule has 0 unspecified atom stereocenters. The van der Waals surface area contributed by atoms with Crippen LogP contribution in [0.4, 0.5) is 23.0 Å². The van der Waals surface area contributed by atoms with Crippen molar-refractivity contribution >= 4 is 127 Å². The maximum Gasteiger partial charge on any atom is 1.00 e. The van der Waals surface area contributed by atoms with E-state index in [1.165, 1.54) is 60.5 Å². The van der Waals surface area contributed by atoms with Crippen molar-refractivity contribution in [2.75, 3.05) is 24.8 Å². The van der Waals surface area contributed by atoms with Crippen LogP contribution in [0.5, 0.6) is 11.5 Å². The molecular weight excluding hydrogens is 1120 g/mol. The first kappa shape index (κ1) is 53.2. The van der Waals surface area contributed by atoms with Crippen molar-refractivity contribution in [3.05, 3.63) is 77.8 Å². The molecule has 0 aliphatic rings. The second-order valence-corrected chi connectivity index (χ2v) is 17.2. The average molecular weight is 1140 g/mol. The van der Waals surface area contributed by atoms with Crippen LogP contribution in [0.25, 0.3) is 16.7 Å². The molecule has 20 nitrogen and oxygen atoms in total. The van der Waals surface area contributed by atoms with Crippen LogP contribution in [0.1, 0.15) is 10.4 Å². The Hall–Kier alpha value is -0.975. The first-order valence-corrected chi connectivity index (χ1v) is 25.4. The van der Waals surface area contributed by atoms with Crippen molar-refractivity contribution in [1.82, 2.24) is 15.0 Å². The number of fused-ring (bicyclic) bond motifs is 1. The van der Waals surface area contributed by atoms with E-state index < -0.39 is 38.3 Å². The van der Waals surface area contributed by atoms with Gasteiger partial charge in [0.25, 0.3) is 0 Å². The van der Waals surface area contributed by atoms with E-state index in [0.29, 0.717) is 28.5 Å². The molecule has 58 heavy (non-hydrogen) atoms. The van der Waals surface area contributed by atoms with Crippen molar-refractivity contribution in [2.24, 2.45) is 16.0 Å². The number of aromatic hydroxyl groups is 1. The number of azo groups is 1. The monoisotopic (exact) mass is 1140 g/mol. The van der Waals surface area contributed by atoms with Crippen molar-refractivity contribution in [3.8, 4) is 17.4 Å². The number of nitrogens with one attached hydrogen (secondary N) is 1. The van der Waals surface area contributed by atoms with Crippen molar-refractivity contribution in [1.29, 1.82) is 0.594 Å². The summed E-state index contributed by atoms with van der Waals surface area (Å²) in [5, 5.41) is 50.3. The number of methoxy groups -OCH3 is 1. The number of carbonyl (C=O) groups is 1. The zero-order chi connectivity index (χ0) is 40.8. The number of nitrogens with zero attached hydrogens (tertiary/aromatic N) is 6. The van der Waals surface area contributed by atoms with E-state index in [4.69, 9.17) is 32.6 Å². The molecule has 30 heteroatoms. The smallest absolute Gasteiger partial charge is 1.00 e. The SMILES string of the molecule is COc1ccc(S(=O)(=O)CCOSOO[O-])cc1N=Nc1c(SOO[O-])cc2cc(Nc3nc(Cl)nc(-[n+]4ccc(C(N)=O)cc4)n3)ccc2c1O.[2H]I([B])I.[Cl-].[Na+].[Na+]. The Morgan fingerprint density at radius 1 is 1.10 bits per heavy atom. The van der Waals surface area contributed by atoms with Gasteiger partial charge in [-0.15, -0.1) is 14.6 Å². The topological polar surface area (TPSA) is 278 Å². The number of ether oxygens (including phenoxy) is 1. The zero-order valence-electron chi connectivity index (χ0n) is 30.8. The summed E-state index contributed by atoms with van der Waals surface area (Å²) in [5.41, 5.74) is 10.8. The zero-order valence-corrected chi connectivity index (χ0v) is 42.1. The molecule has 0 aliphatic carbocycles. The van der Waals surface area contributed by atoms with Gasteiger partial charge in [0.05, 0.1) is 53.7 Å². The molecule has 1 amide bonds. The van der Waals surface area contributed by atoms with Crippen LogP contribution in [0, 0.1) is 0 Å². The minimum absolute atomic E-state index is 0. The number of pyridine rings is 1. The van der Waals surface area contributed by atoms with E-state index in [1.54, 1.807) is 18.2 Å². The molecule has 3 aromatic carbocycles. The molecule has 0 saturated heterocycles. The average Bonchev–Trinajstić information content (AvgIpc) is 3.16. The molecule has 0 saturated carbocycles. The summed E-state index contributed by atoms with van der Waals surface area (Å²) in [6.07, 6.45) is 3.04. The Morgan fingerprint density at radius 3 is 2.43 bits per heavy atom. The van der Waals surface area contributed by atoms with Crippen LogP contribution >= 0.6 is 71.4 Å². The molecule has 298 valence electrons. The van der Waals surface area contributed by atoms with Crippen molar-refractivity contribution in [2.45, 2.75) is 9.79 Å². The number of phenolic OH excluding ortho intramolecular Hbond substituents is 1. The molecule has 5 aromatic rings. The molecule has 2 aromatic heterocycles. The molecule has 0 fully saturated rings. The first-order valence-electron chi connectivity index (χ1n) is 14.8. The maximum absolute atomic E-state index is 12.9. The molecule has 0 aliphatic heterocycles. The number of anilines is 2. The van der Waals surface area contributed by atoms with Gasteiger partial charge in [-0.2, -0.15) is 9.32 Å². The maximum atomic E-state index is 12.9. The molecule has 2 heterocycles. The van der Waals surface area contributed by atoms with Gasteiger partial charge in [0.2, 0.25) is 5.91 Å². The van der Waals surface area contributed by atoms with Gasteiger partial charge in [-0.05, 0) is 81.6 Å². The van der Waals surface area contributed by atoms with Crippen LogP contribution < -0.4 is 102 Å². The number of halogens is 4. The normalized spacial score (nSPS) is 11.3. The van der Waals surface area contributed by atoms with E-state index in [0.717, 1.165) is 0 Å². The number of aromatic nitrogens is 4. The number of hydrogen-bond donors (Lipinski definition) is 3. The molecule has 0 atom stereocenters. The number of benzene rings is 3. The summed E-state index contributed by atoms with van der Waals surface area (Å²) in [6.45, 7) is -0.346. The second kappa shape index (κ2) is 27.9. The van der Waals surface area contributed by atoms with Crippen LogP contribution in [0.3, 0.4) is 0 Å². The molecule has 0 spiro atoms. The van der Waals surface area contributed by atoms with E-state index >= 15 is 0 Å². The van der Waals surface area contributed by atoms with Gasteiger partial charge in [-0.25, -0.2) is 13.0 Å². The summed E-state index contributed by atoms with van der Waals surface area (Å²) in [5.74, 6) is -1.15. The number of carbonyl (C=O) groups excluding carboxylic acids is 1. The first-order chi connectivity index (χ1) is 26.8. The van der Waals surface area contributed by atoms with E-state index in [2.05, 4.69) is 49.2 Å². The number of amides is 1. The third-order valence-corrected chi connectivity index (χ3v) is 9.54. The van der Waals surface area contributed by atoms with Crippen LogP contribution in [-0.4, -0.2) is 60.1 Å². The molecule has 2 radical (unpaired) electrons. The third kappa shape index (κ3) is 16.1. The van der Waals surface area contributed by atoms with Gasteiger partial charge >= 0.3 is 118 Å². The van der Waals surface area contributed by atoms with Crippen LogP contribution in [0.2, 0.25) is 5.28 Å². The van der Waals surface area contributed by atoms with Gasteiger partial charge < -0.3 is 43.8 Å². The fourth-order valence-electron chi connectivity index (χ4n) is 4.38. The minimum Gasteiger partial charge on any atom is -1.00 e. The number of hydrogen-bond acceptors (Lipinski definition) is 20. The van der Waals surface area contributed by atoms with Crippen LogP contribution in [-0.2, 0) is 32.8 Å². The number of sulfone groups is 1. The predicted molar refractivity (Wildman–Crippen MR) is 212 cm³/mol. The Balaban J connectivity index is 0.00000238. The minimum atomic E-state index is -3.92. The number of rotatable bonds is 17. The number of nitrogens with two attached hydrogens (primary N) is 1. The largest absolute Gasteiger partial charge is 1.00 e. The van der Waals surface area contributed by atoms with Gasteiger partial charge in [0.1, 0.15) is 17.1 Å². The van der Waals surface area contributed by atoms with E-state index in [1.807, 2.05) is 18.6 Å². The standard InChI is InChI=1S/C28H23ClN8O12S3.BHI2.ClH.2Na/c1-44-21-5-3-18(52(42,43)11-10-45-51-49-47-41)14-20(21)35-36-23-22(50-48-46-40)13-16-12-17(2-4-19(16)24(23)38)31-27-32-26(29)33-28(34-27)37-8-6-15(7-9-37)25(30)39;1-3-2;;;/h2-9,12-14H,10-11H2,1H3,(H5-,30,31,32,33,34,38,39,40,41);3H;1H;;/q;;;2*+1/p-2/i;3D;;;. The molecular formula is C28H23BCl2I2N8Na2O12S3. The Kier molecular flexibility index (Phi) is 25.5. The molecule has 0 bridgehead atoms. The molecule has 4 N–H and O–H groups in total. The quantitative estimate of drug-likeness (QED) is 0.0115. The van der Waals surface area contributed by atoms with E-state index in [-0.39, 0.29) is 146 Å². The van der Waals surface area contributed by atoms with Crippen molar-refractivity contribution < 1.29 is 133 Å². The summed E-state index contributed by atoms with van der Waals surface area (Å²) in [7, 11) is -2.59. The van der Waals surface area contributed by atoms with Gasteiger partial charge in [-0.3, -0.25) is 19.1 Å². The van der Waals surface area contributed by atoms with E-state index in [9.17, 15) is 28.8 Å². The summed E-state index contributed by atoms with van der Waals surface area (Å²) < 4.78 is 52.3. The van der Waals surface area contributed by atoms with Crippen LogP contribution in [0.15, 0.2) is 87.0 Å². The Bertz CT molecular complexity index is 2310. The Labute approximate surface area is 415 Å². The fraction of sp³-hybridized carbons (Fsp3) is 0.107. The number of phenols is 1. The fourth-order valence-corrected chi connectivity index (χ4v) is 6.45.